The predicted molar refractivity (Wildman–Crippen MR) is 90.1 cm³/mol. The molecule has 2 aromatic rings. The van der Waals surface area contributed by atoms with Gasteiger partial charge in [0.2, 0.25) is 0 Å². The number of piperidine rings is 3. The summed E-state index contributed by atoms with van der Waals surface area (Å²) in [6.07, 6.45) is 5.02. The molecule has 0 amide bonds. The van der Waals surface area contributed by atoms with Crippen LogP contribution in [0.1, 0.15) is 18.4 Å². The van der Waals surface area contributed by atoms with Crippen molar-refractivity contribution >= 4 is 6.08 Å². The first kappa shape index (κ1) is 13.6. The Kier molecular flexibility index (Phi) is 3.69. The van der Waals surface area contributed by atoms with Crippen LogP contribution in [0.25, 0.3) is 6.08 Å². The van der Waals surface area contributed by atoms with Gasteiger partial charge in [0.25, 0.3) is 0 Å². The number of benzene rings is 2. The lowest BCUT2D eigenvalue weighted by Crippen LogP contribution is -2.42. The summed E-state index contributed by atoms with van der Waals surface area (Å²) in [6.45, 7) is 3.70. The van der Waals surface area contributed by atoms with Gasteiger partial charge in [-0.25, -0.2) is 0 Å². The Balaban J connectivity index is 1.54. The lowest BCUT2D eigenvalue weighted by Gasteiger charge is -2.41. The molecule has 0 aromatic heterocycles. The second-order valence-corrected chi connectivity index (χ2v) is 6.26. The second kappa shape index (κ2) is 5.98. The minimum Gasteiger partial charge on any atom is -0.457 e. The van der Waals surface area contributed by atoms with E-state index in [1.807, 2.05) is 36.4 Å². The normalized spacial score (nSPS) is 25.4. The van der Waals surface area contributed by atoms with Crippen LogP contribution in [0.4, 0.5) is 0 Å². The highest BCUT2D eigenvalue weighted by Crippen LogP contribution is 2.33. The Labute approximate surface area is 132 Å². The summed E-state index contributed by atoms with van der Waals surface area (Å²) in [7, 11) is 0. The van der Waals surface area contributed by atoms with Crippen molar-refractivity contribution in [2.45, 2.75) is 12.8 Å². The van der Waals surface area contributed by atoms with Gasteiger partial charge < -0.3 is 4.74 Å². The quantitative estimate of drug-likeness (QED) is 0.820. The van der Waals surface area contributed by atoms with Crippen LogP contribution in [0.15, 0.2) is 60.2 Å². The Bertz CT molecular complexity index is 669. The molecule has 22 heavy (non-hydrogen) atoms. The summed E-state index contributed by atoms with van der Waals surface area (Å²) < 4.78 is 5.93. The molecule has 2 nitrogen and oxygen atoms in total. The van der Waals surface area contributed by atoms with Gasteiger partial charge in [0.15, 0.2) is 0 Å². The van der Waals surface area contributed by atoms with E-state index in [2.05, 4.69) is 29.2 Å². The van der Waals surface area contributed by atoms with Crippen LogP contribution in [-0.2, 0) is 0 Å². The first-order chi connectivity index (χ1) is 10.9. The van der Waals surface area contributed by atoms with E-state index in [1.165, 1.54) is 31.5 Å². The highest BCUT2D eigenvalue weighted by atomic mass is 16.5. The van der Waals surface area contributed by atoms with E-state index in [1.54, 1.807) is 5.57 Å². The van der Waals surface area contributed by atoms with Crippen molar-refractivity contribution in [3.8, 4) is 11.5 Å². The number of nitrogens with zero attached hydrogens (tertiary/aromatic N) is 1. The lowest BCUT2D eigenvalue weighted by atomic mass is 9.83. The first-order valence-corrected chi connectivity index (χ1v) is 8.13. The van der Waals surface area contributed by atoms with Gasteiger partial charge in [0.05, 0.1) is 0 Å². The van der Waals surface area contributed by atoms with Crippen molar-refractivity contribution < 1.29 is 4.74 Å². The molecule has 0 spiro atoms. The maximum atomic E-state index is 5.93. The van der Waals surface area contributed by atoms with Crippen LogP contribution in [0.3, 0.4) is 0 Å². The van der Waals surface area contributed by atoms with Crippen LogP contribution >= 0.6 is 0 Å². The number of para-hydroxylation sites is 1. The van der Waals surface area contributed by atoms with Crippen molar-refractivity contribution in [1.82, 2.24) is 4.90 Å². The molecule has 5 rings (SSSR count). The van der Waals surface area contributed by atoms with Gasteiger partial charge in [-0.15, -0.1) is 0 Å². The van der Waals surface area contributed by atoms with Gasteiger partial charge in [0.1, 0.15) is 11.5 Å². The first-order valence-electron chi connectivity index (χ1n) is 8.13. The standard InChI is InChI=1S/C20H21NO/c1-2-6-19(7-3-1)22-20-8-4-5-16(14-20)13-18-15-21-11-9-17(18)10-12-21/h1-8,13-14,17H,9-12,15H2/b18-13+. The molecule has 0 unspecified atom stereocenters. The molecule has 3 saturated heterocycles. The monoisotopic (exact) mass is 291 g/mol. The largest absolute Gasteiger partial charge is 0.457 e. The minimum absolute atomic E-state index is 0.795. The van der Waals surface area contributed by atoms with Crippen LogP contribution in [-0.4, -0.2) is 24.5 Å². The topological polar surface area (TPSA) is 12.5 Å². The van der Waals surface area contributed by atoms with E-state index < -0.39 is 0 Å². The van der Waals surface area contributed by atoms with Gasteiger partial charge in [-0.05, 0) is 61.7 Å². The number of hydrogen-bond donors (Lipinski definition) is 0. The van der Waals surface area contributed by atoms with E-state index in [9.17, 15) is 0 Å². The second-order valence-electron chi connectivity index (χ2n) is 6.26. The maximum absolute atomic E-state index is 5.93. The lowest BCUT2D eigenvalue weighted by molar-refractivity contribution is 0.163. The van der Waals surface area contributed by atoms with Crippen molar-refractivity contribution in [2.75, 3.05) is 19.6 Å². The Morgan fingerprint density at radius 3 is 2.41 bits per heavy atom. The highest BCUT2D eigenvalue weighted by molar-refractivity contribution is 5.56. The van der Waals surface area contributed by atoms with Crippen LogP contribution in [0.5, 0.6) is 11.5 Å². The molecular formula is C20H21NO. The third-order valence-corrected chi connectivity index (χ3v) is 4.71. The molecule has 3 fully saturated rings. The molecule has 0 aliphatic carbocycles. The molecule has 0 saturated carbocycles. The van der Waals surface area contributed by atoms with Crippen molar-refractivity contribution in [3.63, 3.8) is 0 Å². The zero-order valence-electron chi connectivity index (χ0n) is 12.7. The zero-order chi connectivity index (χ0) is 14.8. The van der Waals surface area contributed by atoms with Gasteiger partial charge in [-0.2, -0.15) is 0 Å². The Hall–Kier alpha value is -2.06. The molecule has 2 aromatic carbocycles. The third kappa shape index (κ3) is 2.93. The van der Waals surface area contributed by atoms with E-state index in [0.29, 0.717) is 0 Å². The van der Waals surface area contributed by atoms with Crippen LogP contribution in [0.2, 0.25) is 0 Å². The Morgan fingerprint density at radius 2 is 1.68 bits per heavy atom. The van der Waals surface area contributed by atoms with Crippen LogP contribution < -0.4 is 4.74 Å². The van der Waals surface area contributed by atoms with Gasteiger partial charge >= 0.3 is 0 Å². The number of ether oxygens (including phenoxy) is 1. The molecule has 2 bridgehead atoms. The molecule has 3 heterocycles. The average molecular weight is 291 g/mol. The summed E-state index contributed by atoms with van der Waals surface area (Å²) >= 11 is 0. The maximum Gasteiger partial charge on any atom is 0.128 e. The summed E-state index contributed by atoms with van der Waals surface area (Å²) in [4.78, 5) is 2.57. The summed E-state index contributed by atoms with van der Waals surface area (Å²) in [6, 6.07) is 18.4. The van der Waals surface area contributed by atoms with Gasteiger partial charge in [0, 0.05) is 6.54 Å². The SMILES string of the molecule is C(=C1/CN2CCC1CC2)/c1cccc(Oc2ccccc2)c1. The van der Waals surface area contributed by atoms with E-state index >= 15 is 0 Å². The fourth-order valence-corrected chi connectivity index (χ4v) is 3.52. The smallest absolute Gasteiger partial charge is 0.128 e. The van der Waals surface area contributed by atoms with Crippen molar-refractivity contribution in [2.24, 2.45) is 5.92 Å². The van der Waals surface area contributed by atoms with E-state index in [-0.39, 0.29) is 0 Å². The van der Waals surface area contributed by atoms with Gasteiger partial charge in [-0.1, -0.05) is 42.0 Å². The van der Waals surface area contributed by atoms with E-state index in [4.69, 9.17) is 4.74 Å². The Morgan fingerprint density at radius 1 is 0.909 bits per heavy atom. The van der Waals surface area contributed by atoms with E-state index in [0.717, 1.165) is 24.0 Å². The fraction of sp³-hybridized carbons (Fsp3) is 0.300. The number of rotatable bonds is 3. The van der Waals surface area contributed by atoms with Crippen LogP contribution in [0, 0.1) is 5.92 Å². The van der Waals surface area contributed by atoms with Gasteiger partial charge in [-0.3, -0.25) is 4.90 Å². The molecule has 0 radical (unpaired) electrons. The molecule has 112 valence electrons. The molecule has 0 N–H and O–H groups in total. The third-order valence-electron chi connectivity index (χ3n) is 4.71. The predicted octanol–water partition coefficient (Wildman–Crippen LogP) is 4.59. The molecule has 0 atom stereocenters. The fourth-order valence-electron chi connectivity index (χ4n) is 3.52. The molecule has 3 aliphatic heterocycles. The molecule has 2 heteroatoms. The minimum atomic E-state index is 0.795. The summed E-state index contributed by atoms with van der Waals surface area (Å²) in [5.41, 5.74) is 2.84. The van der Waals surface area contributed by atoms with Crippen molar-refractivity contribution in [3.05, 3.63) is 65.7 Å². The summed E-state index contributed by atoms with van der Waals surface area (Å²) in [5.74, 6) is 2.58. The van der Waals surface area contributed by atoms with Crippen molar-refractivity contribution in [1.29, 1.82) is 0 Å². The molecular weight excluding hydrogens is 270 g/mol. The zero-order valence-corrected chi connectivity index (χ0v) is 12.7. The summed E-state index contributed by atoms with van der Waals surface area (Å²) in [5, 5.41) is 0. The average Bonchev–Trinajstić information content (AvgIpc) is 2.57. The molecule has 3 aliphatic rings. The number of fused-ring (bicyclic) bond motifs is 3. The number of hydrogen-bond acceptors (Lipinski definition) is 2. The highest BCUT2D eigenvalue weighted by Gasteiger charge is 2.29.